The van der Waals surface area contributed by atoms with Gasteiger partial charge in [-0.1, -0.05) is 24.3 Å². The molecule has 32 heavy (non-hydrogen) atoms. The molecule has 0 spiro atoms. The number of hydrogen-bond acceptors (Lipinski definition) is 5. The van der Waals surface area contributed by atoms with E-state index in [1.54, 1.807) is 18.2 Å². The number of piperazine rings is 1. The maximum atomic E-state index is 12.9. The van der Waals surface area contributed by atoms with E-state index in [1.165, 1.54) is 34.6 Å². The van der Waals surface area contributed by atoms with E-state index in [0.29, 0.717) is 44.7 Å². The highest BCUT2D eigenvalue weighted by molar-refractivity contribution is 7.89. The molecule has 0 aliphatic carbocycles. The van der Waals surface area contributed by atoms with Crippen molar-refractivity contribution in [3.8, 4) is 5.75 Å². The Kier molecular flexibility index (Phi) is 7.42. The van der Waals surface area contributed by atoms with Gasteiger partial charge in [-0.15, -0.1) is 13.2 Å². The second kappa shape index (κ2) is 9.88. The van der Waals surface area contributed by atoms with Crippen molar-refractivity contribution in [2.45, 2.75) is 24.1 Å². The third-order valence-corrected chi connectivity index (χ3v) is 6.99. The number of carboxylic acids is 1. The van der Waals surface area contributed by atoms with Gasteiger partial charge < -0.3 is 14.7 Å². The first-order chi connectivity index (χ1) is 15.0. The van der Waals surface area contributed by atoms with Crippen molar-refractivity contribution in [2.75, 3.05) is 32.7 Å². The molecule has 2 aromatic rings. The van der Waals surface area contributed by atoms with Crippen molar-refractivity contribution in [1.82, 2.24) is 9.21 Å². The number of carbonyl (C=O) groups is 1. The summed E-state index contributed by atoms with van der Waals surface area (Å²) >= 11 is 0. The van der Waals surface area contributed by atoms with E-state index in [9.17, 15) is 26.4 Å². The normalized spacial score (nSPS) is 16.1. The summed E-state index contributed by atoms with van der Waals surface area (Å²) < 4.78 is 67.7. The van der Waals surface area contributed by atoms with Crippen molar-refractivity contribution >= 4 is 16.0 Å². The summed E-state index contributed by atoms with van der Waals surface area (Å²) in [6.07, 6.45) is -4.37. The molecule has 2 aromatic carbocycles. The highest BCUT2D eigenvalue weighted by atomic mass is 32.2. The molecule has 1 saturated heterocycles. The lowest BCUT2D eigenvalue weighted by Crippen LogP contribution is -2.49. The minimum Gasteiger partial charge on any atom is -0.481 e. The predicted octanol–water partition coefficient (Wildman–Crippen LogP) is 2.76. The lowest BCUT2D eigenvalue weighted by molar-refractivity contribution is -0.274. The zero-order chi connectivity index (χ0) is 23.4. The van der Waals surface area contributed by atoms with Gasteiger partial charge in [0.25, 0.3) is 0 Å². The van der Waals surface area contributed by atoms with Gasteiger partial charge in [-0.2, -0.15) is 4.31 Å². The molecule has 1 N–H and O–H groups in total. The fourth-order valence-corrected chi connectivity index (χ4v) is 4.97. The molecule has 0 atom stereocenters. The lowest BCUT2D eigenvalue weighted by atomic mass is 10.1. The second-order valence-corrected chi connectivity index (χ2v) is 9.34. The number of carboxylic acid groups (broad SMARTS) is 1. The molecule has 1 aliphatic rings. The van der Waals surface area contributed by atoms with Crippen LogP contribution in [-0.4, -0.2) is 67.8 Å². The number of sulfonamides is 1. The Morgan fingerprint density at radius 3 is 2.25 bits per heavy atom. The molecule has 0 saturated carbocycles. The van der Waals surface area contributed by atoms with Crippen LogP contribution in [0, 0.1) is 0 Å². The first kappa shape index (κ1) is 24.0. The third-order valence-electron chi connectivity index (χ3n) is 5.10. The fraction of sp³-hybridized carbons (Fsp3) is 0.381. The average Bonchev–Trinajstić information content (AvgIpc) is 2.72. The molecule has 1 heterocycles. The van der Waals surface area contributed by atoms with E-state index >= 15 is 0 Å². The number of benzene rings is 2. The van der Waals surface area contributed by atoms with Gasteiger partial charge in [-0.05, 0) is 41.8 Å². The van der Waals surface area contributed by atoms with Gasteiger partial charge in [0.1, 0.15) is 5.75 Å². The molecule has 0 unspecified atom stereocenters. The molecule has 1 fully saturated rings. The summed E-state index contributed by atoms with van der Waals surface area (Å²) in [5, 5.41) is 8.91. The Hall–Kier alpha value is -2.63. The summed E-state index contributed by atoms with van der Waals surface area (Å²) in [6, 6.07) is 11.6. The van der Waals surface area contributed by atoms with Crippen LogP contribution in [0.1, 0.15) is 11.1 Å². The summed E-state index contributed by atoms with van der Waals surface area (Å²) in [5.74, 6) is -1.30. The maximum absolute atomic E-state index is 12.9. The van der Waals surface area contributed by atoms with E-state index in [1.807, 2.05) is 0 Å². The minimum atomic E-state index is -4.72. The number of rotatable bonds is 8. The Labute approximate surface area is 184 Å². The summed E-state index contributed by atoms with van der Waals surface area (Å²) in [4.78, 5) is 13.1. The largest absolute Gasteiger partial charge is 0.573 e. The highest BCUT2D eigenvalue weighted by Gasteiger charge is 2.31. The van der Waals surface area contributed by atoms with E-state index in [-0.39, 0.29) is 17.1 Å². The molecule has 0 amide bonds. The number of aliphatic carboxylic acids is 1. The fourth-order valence-electron chi connectivity index (χ4n) is 3.48. The van der Waals surface area contributed by atoms with Crippen LogP contribution in [-0.2, 0) is 27.7 Å². The molecule has 0 aromatic heterocycles. The molecule has 3 rings (SSSR count). The summed E-state index contributed by atoms with van der Waals surface area (Å²) in [7, 11) is -3.72. The Bertz CT molecular complexity index is 1030. The number of halogens is 3. The molecule has 0 bridgehead atoms. The van der Waals surface area contributed by atoms with Gasteiger partial charge >= 0.3 is 12.3 Å². The molecule has 1 aliphatic heterocycles. The lowest BCUT2D eigenvalue weighted by Gasteiger charge is -2.34. The van der Waals surface area contributed by atoms with Gasteiger partial charge in [0.05, 0.1) is 11.3 Å². The maximum Gasteiger partial charge on any atom is 0.573 e. The van der Waals surface area contributed by atoms with Gasteiger partial charge in [-0.25, -0.2) is 8.42 Å². The van der Waals surface area contributed by atoms with Crippen LogP contribution in [0.15, 0.2) is 53.4 Å². The quantitative estimate of drug-likeness (QED) is 0.636. The van der Waals surface area contributed by atoms with Crippen molar-refractivity contribution in [3.63, 3.8) is 0 Å². The van der Waals surface area contributed by atoms with Crippen LogP contribution >= 0.6 is 0 Å². The van der Waals surface area contributed by atoms with Crippen molar-refractivity contribution in [1.29, 1.82) is 0 Å². The van der Waals surface area contributed by atoms with Crippen molar-refractivity contribution in [3.05, 3.63) is 59.7 Å². The monoisotopic (exact) mass is 472 g/mol. The van der Waals surface area contributed by atoms with Crippen LogP contribution in [0.2, 0.25) is 0 Å². The molecular formula is C21H23F3N2O5S. The first-order valence-corrected chi connectivity index (χ1v) is 11.3. The third kappa shape index (κ3) is 6.68. The molecule has 0 radical (unpaired) electrons. The van der Waals surface area contributed by atoms with Crippen LogP contribution in [0.4, 0.5) is 13.2 Å². The van der Waals surface area contributed by atoms with Crippen LogP contribution in [0.3, 0.4) is 0 Å². The zero-order valence-electron chi connectivity index (χ0n) is 17.1. The van der Waals surface area contributed by atoms with E-state index in [2.05, 4.69) is 9.64 Å². The van der Waals surface area contributed by atoms with E-state index < -0.39 is 22.4 Å². The number of alkyl halides is 3. The molecule has 7 nitrogen and oxygen atoms in total. The smallest absolute Gasteiger partial charge is 0.481 e. The second-order valence-electron chi connectivity index (χ2n) is 7.41. The van der Waals surface area contributed by atoms with Crippen LogP contribution in [0.5, 0.6) is 5.75 Å². The first-order valence-electron chi connectivity index (χ1n) is 9.91. The Morgan fingerprint density at radius 1 is 1.00 bits per heavy atom. The molecule has 11 heteroatoms. The molecular weight excluding hydrogens is 449 g/mol. The van der Waals surface area contributed by atoms with Gasteiger partial charge in [-0.3, -0.25) is 4.79 Å². The number of nitrogens with zero attached hydrogens (tertiary/aromatic N) is 2. The summed E-state index contributed by atoms with van der Waals surface area (Å²) in [5.41, 5.74) is 1.27. The van der Waals surface area contributed by atoms with Gasteiger partial charge in [0.15, 0.2) is 0 Å². The standard InChI is InChI=1S/C21H23F3N2O5S/c22-21(23,24)31-18-6-4-16(5-7-18)8-9-25-10-12-26(13-11-25)32(29,30)19-3-1-2-17(14-19)15-20(27)28/h1-7,14H,8-13,15H2,(H,27,28). The number of ether oxygens (including phenoxy) is 1. The predicted molar refractivity (Wildman–Crippen MR) is 110 cm³/mol. The Balaban J connectivity index is 1.52. The van der Waals surface area contributed by atoms with Gasteiger partial charge in [0.2, 0.25) is 10.0 Å². The van der Waals surface area contributed by atoms with Gasteiger partial charge in [0, 0.05) is 32.7 Å². The Morgan fingerprint density at radius 2 is 1.66 bits per heavy atom. The van der Waals surface area contributed by atoms with E-state index in [0.717, 1.165) is 5.56 Å². The number of hydrogen-bond donors (Lipinski definition) is 1. The SMILES string of the molecule is O=C(O)Cc1cccc(S(=O)(=O)N2CCN(CCc3ccc(OC(F)(F)F)cc3)CC2)c1. The van der Waals surface area contributed by atoms with Crippen molar-refractivity contribution in [2.24, 2.45) is 0 Å². The summed E-state index contributed by atoms with van der Waals surface area (Å²) in [6.45, 7) is 2.27. The van der Waals surface area contributed by atoms with Crippen LogP contribution < -0.4 is 4.74 Å². The highest BCUT2D eigenvalue weighted by Crippen LogP contribution is 2.23. The average molecular weight is 472 g/mol. The topological polar surface area (TPSA) is 87.1 Å². The van der Waals surface area contributed by atoms with E-state index in [4.69, 9.17) is 5.11 Å². The molecule has 174 valence electrons. The zero-order valence-corrected chi connectivity index (χ0v) is 17.9. The minimum absolute atomic E-state index is 0.0749. The van der Waals surface area contributed by atoms with Crippen LogP contribution in [0.25, 0.3) is 0 Å². The van der Waals surface area contributed by atoms with Crippen molar-refractivity contribution < 1.29 is 36.2 Å².